The highest BCUT2D eigenvalue weighted by molar-refractivity contribution is 6.42. The maximum absolute atomic E-state index is 13.1. The highest BCUT2D eigenvalue weighted by Crippen LogP contribution is 2.29. The number of amides is 2. The molecule has 0 spiro atoms. The SMILES string of the molecule is C[C@H](NC(=O)CNC(=O)c1cccc(F)c1)c1cccc(Cl)c1Cl. The van der Waals surface area contributed by atoms with Crippen LogP contribution in [-0.4, -0.2) is 18.4 Å². The molecule has 24 heavy (non-hydrogen) atoms. The van der Waals surface area contributed by atoms with Crippen LogP contribution in [0.3, 0.4) is 0 Å². The zero-order valence-electron chi connectivity index (χ0n) is 12.8. The molecule has 126 valence electrons. The number of nitrogens with one attached hydrogen (secondary N) is 2. The van der Waals surface area contributed by atoms with E-state index in [1.165, 1.54) is 18.2 Å². The van der Waals surface area contributed by atoms with E-state index >= 15 is 0 Å². The number of carbonyl (C=O) groups excluding carboxylic acids is 2. The Bertz CT molecular complexity index is 768. The van der Waals surface area contributed by atoms with Gasteiger partial charge in [0.15, 0.2) is 0 Å². The van der Waals surface area contributed by atoms with Crippen LogP contribution in [0.2, 0.25) is 10.0 Å². The summed E-state index contributed by atoms with van der Waals surface area (Å²) in [6.07, 6.45) is 0. The maximum Gasteiger partial charge on any atom is 0.251 e. The molecule has 2 rings (SSSR count). The van der Waals surface area contributed by atoms with Gasteiger partial charge in [0.1, 0.15) is 5.82 Å². The fourth-order valence-electron chi connectivity index (χ4n) is 2.12. The summed E-state index contributed by atoms with van der Waals surface area (Å²) in [5, 5.41) is 5.91. The van der Waals surface area contributed by atoms with Crippen LogP contribution in [0.4, 0.5) is 4.39 Å². The van der Waals surface area contributed by atoms with Crippen molar-refractivity contribution in [2.75, 3.05) is 6.54 Å². The normalized spacial score (nSPS) is 11.7. The molecule has 4 nitrogen and oxygen atoms in total. The van der Waals surface area contributed by atoms with Gasteiger partial charge in [-0.3, -0.25) is 9.59 Å². The molecule has 0 unspecified atom stereocenters. The van der Waals surface area contributed by atoms with Gasteiger partial charge in [-0.05, 0) is 36.8 Å². The summed E-state index contributed by atoms with van der Waals surface area (Å²) < 4.78 is 13.1. The van der Waals surface area contributed by atoms with Crippen molar-refractivity contribution in [1.29, 1.82) is 0 Å². The van der Waals surface area contributed by atoms with Gasteiger partial charge in [0.25, 0.3) is 5.91 Å². The second-order valence-corrected chi connectivity index (χ2v) is 5.91. The molecule has 0 bridgehead atoms. The fraction of sp³-hybridized carbons (Fsp3) is 0.176. The van der Waals surface area contributed by atoms with Gasteiger partial charge in [-0.25, -0.2) is 4.39 Å². The van der Waals surface area contributed by atoms with E-state index in [-0.39, 0.29) is 18.2 Å². The third-order valence-electron chi connectivity index (χ3n) is 3.32. The Balaban J connectivity index is 1.91. The fourth-order valence-corrected chi connectivity index (χ4v) is 2.59. The van der Waals surface area contributed by atoms with Gasteiger partial charge in [-0.15, -0.1) is 0 Å². The molecule has 7 heteroatoms. The van der Waals surface area contributed by atoms with Crippen molar-refractivity contribution in [2.24, 2.45) is 0 Å². The monoisotopic (exact) mass is 368 g/mol. The minimum atomic E-state index is -0.530. The largest absolute Gasteiger partial charge is 0.348 e. The summed E-state index contributed by atoms with van der Waals surface area (Å²) in [6.45, 7) is 1.52. The van der Waals surface area contributed by atoms with Gasteiger partial charge in [0.2, 0.25) is 5.91 Å². The van der Waals surface area contributed by atoms with Crippen LogP contribution in [0.25, 0.3) is 0 Å². The van der Waals surface area contributed by atoms with Gasteiger partial charge in [0, 0.05) is 5.56 Å². The van der Waals surface area contributed by atoms with Crippen LogP contribution >= 0.6 is 23.2 Å². The molecule has 0 fully saturated rings. The van der Waals surface area contributed by atoms with Crippen LogP contribution in [0, 0.1) is 5.82 Å². The van der Waals surface area contributed by atoms with E-state index in [1.807, 2.05) is 0 Å². The van der Waals surface area contributed by atoms with Crippen molar-refractivity contribution >= 4 is 35.0 Å². The van der Waals surface area contributed by atoms with Gasteiger partial charge >= 0.3 is 0 Å². The molecule has 2 aromatic carbocycles. The molecule has 0 saturated heterocycles. The van der Waals surface area contributed by atoms with Crippen molar-refractivity contribution < 1.29 is 14.0 Å². The minimum absolute atomic E-state index is 0.147. The molecule has 0 aliphatic heterocycles. The molecule has 2 amide bonds. The number of benzene rings is 2. The lowest BCUT2D eigenvalue weighted by molar-refractivity contribution is -0.120. The van der Waals surface area contributed by atoms with E-state index in [9.17, 15) is 14.0 Å². The van der Waals surface area contributed by atoms with E-state index in [1.54, 1.807) is 25.1 Å². The van der Waals surface area contributed by atoms with E-state index in [2.05, 4.69) is 10.6 Å². The number of hydrogen-bond acceptors (Lipinski definition) is 2. The lowest BCUT2D eigenvalue weighted by atomic mass is 10.1. The van der Waals surface area contributed by atoms with Crippen molar-refractivity contribution in [1.82, 2.24) is 10.6 Å². The van der Waals surface area contributed by atoms with Gasteiger partial charge in [0.05, 0.1) is 22.6 Å². The summed E-state index contributed by atoms with van der Waals surface area (Å²) >= 11 is 12.1. The maximum atomic E-state index is 13.1. The van der Waals surface area contributed by atoms with E-state index in [0.29, 0.717) is 15.6 Å². The summed E-state index contributed by atoms with van der Waals surface area (Å²) in [6, 6.07) is 9.98. The molecule has 0 aliphatic rings. The predicted octanol–water partition coefficient (Wildman–Crippen LogP) is 3.74. The number of rotatable bonds is 5. The number of carbonyl (C=O) groups is 2. The standard InChI is InChI=1S/C17H15Cl2FN2O2/c1-10(13-6-3-7-14(18)16(13)19)22-15(23)9-21-17(24)11-4-2-5-12(20)8-11/h2-8,10H,9H2,1H3,(H,21,24)(H,22,23)/t10-/m0/s1. The Morgan fingerprint density at radius 3 is 2.58 bits per heavy atom. The van der Waals surface area contributed by atoms with E-state index in [4.69, 9.17) is 23.2 Å². The summed E-state index contributed by atoms with van der Waals surface area (Å²) in [5.74, 6) is -1.45. The molecule has 0 aromatic heterocycles. The number of hydrogen-bond donors (Lipinski definition) is 2. The molecule has 0 saturated carbocycles. The zero-order chi connectivity index (χ0) is 17.7. The van der Waals surface area contributed by atoms with Crippen LogP contribution < -0.4 is 10.6 Å². The first-order valence-corrected chi connectivity index (χ1v) is 7.91. The second-order valence-electron chi connectivity index (χ2n) is 5.13. The Morgan fingerprint density at radius 1 is 1.17 bits per heavy atom. The Labute approximate surface area is 149 Å². The highest BCUT2D eigenvalue weighted by Gasteiger charge is 2.15. The molecular weight excluding hydrogens is 354 g/mol. The Morgan fingerprint density at radius 2 is 1.88 bits per heavy atom. The summed E-state index contributed by atoms with van der Waals surface area (Å²) in [4.78, 5) is 23.8. The average molecular weight is 369 g/mol. The molecule has 0 heterocycles. The first kappa shape index (κ1) is 18.2. The van der Waals surface area contributed by atoms with Gasteiger partial charge < -0.3 is 10.6 Å². The van der Waals surface area contributed by atoms with Crippen LogP contribution in [0.5, 0.6) is 0 Å². The lowest BCUT2D eigenvalue weighted by Gasteiger charge is -2.16. The molecular formula is C17H15Cl2FN2O2. The summed E-state index contributed by atoms with van der Waals surface area (Å²) in [5.41, 5.74) is 0.822. The smallest absolute Gasteiger partial charge is 0.251 e. The van der Waals surface area contributed by atoms with Crippen LogP contribution in [0.15, 0.2) is 42.5 Å². The first-order valence-electron chi connectivity index (χ1n) is 7.15. The highest BCUT2D eigenvalue weighted by atomic mass is 35.5. The Hall–Kier alpha value is -2.11. The molecule has 2 N–H and O–H groups in total. The third-order valence-corrected chi connectivity index (χ3v) is 4.16. The first-order chi connectivity index (χ1) is 11.4. The molecule has 0 radical (unpaired) electrons. The quantitative estimate of drug-likeness (QED) is 0.844. The molecule has 2 aromatic rings. The number of halogens is 3. The average Bonchev–Trinajstić information content (AvgIpc) is 2.55. The third kappa shape index (κ3) is 4.69. The van der Waals surface area contributed by atoms with E-state index < -0.39 is 17.6 Å². The summed E-state index contributed by atoms with van der Waals surface area (Å²) in [7, 11) is 0. The van der Waals surface area contributed by atoms with Gasteiger partial charge in [-0.1, -0.05) is 41.4 Å². The minimum Gasteiger partial charge on any atom is -0.348 e. The predicted molar refractivity (Wildman–Crippen MR) is 91.8 cm³/mol. The van der Waals surface area contributed by atoms with Crippen LogP contribution in [0.1, 0.15) is 28.9 Å². The van der Waals surface area contributed by atoms with Gasteiger partial charge in [-0.2, -0.15) is 0 Å². The molecule has 0 aliphatic carbocycles. The lowest BCUT2D eigenvalue weighted by Crippen LogP contribution is -2.38. The Kier molecular flexibility index (Phi) is 6.17. The van der Waals surface area contributed by atoms with Crippen LogP contribution in [-0.2, 0) is 4.79 Å². The molecule has 1 atom stereocenters. The zero-order valence-corrected chi connectivity index (χ0v) is 14.3. The van der Waals surface area contributed by atoms with E-state index in [0.717, 1.165) is 6.07 Å². The van der Waals surface area contributed by atoms with Crippen molar-refractivity contribution in [3.63, 3.8) is 0 Å². The van der Waals surface area contributed by atoms with Crippen molar-refractivity contribution in [3.8, 4) is 0 Å². The van der Waals surface area contributed by atoms with Crippen molar-refractivity contribution in [3.05, 3.63) is 69.5 Å². The van der Waals surface area contributed by atoms with Crippen molar-refractivity contribution in [2.45, 2.75) is 13.0 Å². The topological polar surface area (TPSA) is 58.2 Å². The second kappa shape index (κ2) is 8.13.